The first-order valence-electron chi connectivity index (χ1n) is 6.29. The third kappa shape index (κ3) is 4.92. The van der Waals surface area contributed by atoms with Crippen LogP contribution >= 0.6 is 0 Å². The van der Waals surface area contributed by atoms with E-state index in [1.165, 1.54) is 0 Å². The van der Waals surface area contributed by atoms with Gasteiger partial charge in [0.25, 0.3) is 0 Å². The number of aryl methyl sites for hydroxylation is 2. The summed E-state index contributed by atoms with van der Waals surface area (Å²) in [6, 6.07) is 14.7. The summed E-state index contributed by atoms with van der Waals surface area (Å²) in [6.07, 6.45) is 0. The van der Waals surface area contributed by atoms with E-state index in [4.69, 9.17) is 2.90 Å². The molecule has 21 heavy (non-hydrogen) atoms. The van der Waals surface area contributed by atoms with Gasteiger partial charge in [-0.2, -0.15) is 0 Å². The van der Waals surface area contributed by atoms with Gasteiger partial charge in [-0.3, -0.25) is 0 Å². The van der Waals surface area contributed by atoms with Gasteiger partial charge in [-0.05, 0) is 0 Å². The Balaban J connectivity index is 1.83. The molecule has 2 rings (SSSR count). The Morgan fingerprint density at radius 2 is 1.05 bits per heavy atom. The van der Waals surface area contributed by atoms with Crippen molar-refractivity contribution in [2.45, 2.75) is 13.8 Å². The quantitative estimate of drug-likeness (QED) is 0.686. The van der Waals surface area contributed by atoms with Gasteiger partial charge in [0.05, 0.1) is 0 Å². The summed E-state index contributed by atoms with van der Waals surface area (Å²) < 4.78 is 5.27. The van der Waals surface area contributed by atoms with Crippen molar-refractivity contribution in [3.63, 3.8) is 0 Å². The van der Waals surface area contributed by atoms with E-state index in [1.807, 2.05) is 38.1 Å². The Bertz CT molecular complexity index is 576. The minimum atomic E-state index is -0.643. The van der Waals surface area contributed by atoms with E-state index >= 15 is 0 Å². The van der Waals surface area contributed by atoms with E-state index in [1.54, 1.807) is 24.3 Å². The van der Waals surface area contributed by atoms with E-state index in [9.17, 15) is 9.59 Å². The second-order valence-electron chi connectivity index (χ2n) is 4.54. The molecule has 108 valence electrons. The third-order valence-corrected chi connectivity index (χ3v) is 6.19. The average Bonchev–Trinajstić information content (AvgIpc) is 2.48. The average molecular weight is 412 g/mol. The molecule has 0 saturated heterocycles. The third-order valence-electron chi connectivity index (χ3n) is 2.79. The first-order valence-corrected chi connectivity index (χ1v) is 9.40. The molecule has 0 aliphatic carbocycles. The van der Waals surface area contributed by atoms with E-state index in [-0.39, 0.29) is 9.36 Å². The van der Waals surface area contributed by atoms with Gasteiger partial charge >= 0.3 is 137 Å². The molecule has 0 saturated carbocycles. The van der Waals surface area contributed by atoms with E-state index in [2.05, 4.69) is 0 Å². The van der Waals surface area contributed by atoms with Crippen LogP contribution in [0.1, 0.15) is 31.8 Å². The van der Waals surface area contributed by atoms with Crippen molar-refractivity contribution in [1.29, 1.82) is 0 Å². The van der Waals surface area contributed by atoms with Gasteiger partial charge in [0, 0.05) is 0 Å². The van der Waals surface area contributed by atoms with Crippen LogP contribution in [0.25, 0.3) is 0 Å². The first kappa shape index (κ1) is 16.2. The summed E-state index contributed by atoms with van der Waals surface area (Å²) >= 11 is -1.29. The van der Waals surface area contributed by atoms with Crippen molar-refractivity contribution in [1.82, 2.24) is 0 Å². The maximum atomic E-state index is 11.9. The molecule has 2 aromatic carbocycles. The maximum absolute atomic E-state index is 11.9. The fourth-order valence-electron chi connectivity index (χ4n) is 1.55. The van der Waals surface area contributed by atoms with Gasteiger partial charge in [0.15, 0.2) is 0 Å². The Labute approximate surface area is 137 Å². The second kappa shape index (κ2) is 7.69. The molecule has 0 aliphatic rings. The number of hydrogen-bond acceptors (Lipinski definition) is 3. The summed E-state index contributed by atoms with van der Waals surface area (Å²) in [5, 5.41) is 0. The fourth-order valence-corrected chi connectivity index (χ4v) is 4.58. The Morgan fingerprint density at radius 1 is 0.714 bits per heavy atom. The molecule has 2 aromatic rings. The SMILES string of the molecule is Cc1ccc(C(=O)[Se]O[Se]C(=O)c2ccc(C)cc2)cc1. The van der Waals surface area contributed by atoms with Crippen LogP contribution in [-0.2, 0) is 2.90 Å². The van der Waals surface area contributed by atoms with Crippen molar-refractivity contribution in [3.8, 4) is 0 Å². The molecule has 5 heteroatoms. The molecule has 0 fully saturated rings. The standard InChI is InChI=1S/C16H14O3Se2/c1-11-3-7-13(8-4-11)15(17)20-19-21-16(18)14-9-5-12(2)6-10-14/h3-10H,1-2H3. The summed E-state index contributed by atoms with van der Waals surface area (Å²) in [5.41, 5.74) is 3.50. The van der Waals surface area contributed by atoms with Crippen LogP contribution in [0.5, 0.6) is 0 Å². The topological polar surface area (TPSA) is 43.4 Å². The summed E-state index contributed by atoms with van der Waals surface area (Å²) in [7, 11) is 0. The summed E-state index contributed by atoms with van der Waals surface area (Å²) in [6.45, 7) is 3.94. The van der Waals surface area contributed by atoms with E-state index in [0.29, 0.717) is 11.1 Å². The number of carbonyl (C=O) groups excluding carboxylic acids is 2. The Hall–Kier alpha value is -1.22. The molecule has 0 aromatic heterocycles. The second-order valence-corrected chi connectivity index (χ2v) is 8.57. The number of hydrogen-bond donors (Lipinski definition) is 0. The number of rotatable bonds is 6. The monoisotopic (exact) mass is 414 g/mol. The Morgan fingerprint density at radius 3 is 1.38 bits per heavy atom. The predicted octanol–water partition coefficient (Wildman–Crippen LogP) is 2.54. The fraction of sp³-hybridized carbons (Fsp3) is 0.125. The zero-order valence-corrected chi connectivity index (χ0v) is 15.1. The van der Waals surface area contributed by atoms with Crippen LogP contribution in [0, 0.1) is 13.8 Å². The molecular weight excluding hydrogens is 398 g/mol. The molecule has 3 nitrogen and oxygen atoms in total. The van der Waals surface area contributed by atoms with Crippen LogP contribution in [-0.4, -0.2) is 39.9 Å². The number of benzene rings is 2. The van der Waals surface area contributed by atoms with Gasteiger partial charge in [-0.25, -0.2) is 0 Å². The molecule has 0 radical (unpaired) electrons. The van der Waals surface area contributed by atoms with Gasteiger partial charge in [0.1, 0.15) is 0 Å². The minimum absolute atomic E-state index is 0.0407. The summed E-state index contributed by atoms with van der Waals surface area (Å²) in [4.78, 5) is 23.8. The molecule has 0 unspecified atom stereocenters. The molecule has 0 atom stereocenters. The van der Waals surface area contributed by atoms with Gasteiger partial charge in [-0.15, -0.1) is 0 Å². The van der Waals surface area contributed by atoms with Crippen molar-refractivity contribution in [2.24, 2.45) is 0 Å². The van der Waals surface area contributed by atoms with Gasteiger partial charge < -0.3 is 0 Å². The van der Waals surface area contributed by atoms with Crippen LogP contribution in [0.3, 0.4) is 0 Å². The molecule has 0 bridgehead atoms. The molecule has 0 amide bonds. The van der Waals surface area contributed by atoms with Crippen molar-refractivity contribution >= 4 is 39.9 Å². The number of carbonyl (C=O) groups is 2. The summed E-state index contributed by atoms with van der Waals surface area (Å²) in [5.74, 6) is 0. The van der Waals surface area contributed by atoms with Crippen molar-refractivity contribution in [2.75, 3.05) is 0 Å². The normalized spacial score (nSPS) is 10.4. The predicted molar refractivity (Wildman–Crippen MR) is 83.6 cm³/mol. The Kier molecular flexibility index (Phi) is 5.92. The molecule has 0 spiro atoms. The van der Waals surface area contributed by atoms with Crippen molar-refractivity contribution < 1.29 is 12.5 Å². The molecule has 0 heterocycles. The van der Waals surface area contributed by atoms with Crippen LogP contribution in [0.4, 0.5) is 0 Å². The molecular formula is C16H14O3Se2. The van der Waals surface area contributed by atoms with Crippen LogP contribution in [0.2, 0.25) is 0 Å². The zero-order chi connectivity index (χ0) is 15.2. The van der Waals surface area contributed by atoms with Crippen molar-refractivity contribution in [3.05, 3.63) is 70.8 Å². The van der Waals surface area contributed by atoms with E-state index in [0.717, 1.165) is 11.1 Å². The van der Waals surface area contributed by atoms with Gasteiger partial charge in [-0.1, -0.05) is 0 Å². The van der Waals surface area contributed by atoms with E-state index < -0.39 is 30.6 Å². The van der Waals surface area contributed by atoms with Gasteiger partial charge in [0.2, 0.25) is 0 Å². The van der Waals surface area contributed by atoms with Crippen LogP contribution < -0.4 is 0 Å². The first-order chi connectivity index (χ1) is 10.1. The molecule has 0 N–H and O–H groups in total. The molecule has 0 aliphatic heterocycles. The zero-order valence-electron chi connectivity index (χ0n) is 11.7. The van der Waals surface area contributed by atoms with Crippen LogP contribution in [0.15, 0.2) is 48.5 Å².